The molecule has 8 heteroatoms. The number of terminal acetylenes is 1. The van der Waals surface area contributed by atoms with E-state index in [1.807, 2.05) is 12.1 Å². The first-order valence-corrected chi connectivity index (χ1v) is 16.0. The van der Waals surface area contributed by atoms with Crippen molar-refractivity contribution < 1.29 is 24.2 Å². The number of phenols is 1. The zero-order valence-electron chi connectivity index (χ0n) is 26.7. The number of carbonyl (C=O) groups excluding carboxylic acids is 3. The van der Waals surface area contributed by atoms with Crippen molar-refractivity contribution in [2.24, 2.45) is 0 Å². The molecule has 0 aromatic heterocycles. The lowest BCUT2D eigenvalue weighted by atomic mass is 9.94. The van der Waals surface area contributed by atoms with Crippen molar-refractivity contribution in [1.29, 1.82) is 0 Å². The van der Waals surface area contributed by atoms with Crippen LogP contribution in [-0.4, -0.2) is 52.1 Å². The molecule has 1 saturated carbocycles. The molecule has 3 rings (SSSR count). The summed E-state index contributed by atoms with van der Waals surface area (Å²) in [4.78, 5) is 43.4. The van der Waals surface area contributed by atoms with Crippen LogP contribution in [0.25, 0.3) is 0 Å². The van der Waals surface area contributed by atoms with Gasteiger partial charge in [0.1, 0.15) is 23.4 Å². The van der Waals surface area contributed by atoms with E-state index in [4.69, 9.17) is 11.2 Å². The molecule has 1 aliphatic carbocycles. The molecule has 2 aromatic carbocycles. The SMILES string of the molecule is C#Cc1ccc(C(C(=O)NC2CCCCC2)N(CCCCCC)C(=O)C(Cc2ccc(O)cc2)NC(=O)OC(C)(C)C)cc1. The van der Waals surface area contributed by atoms with Gasteiger partial charge in [0.15, 0.2) is 0 Å². The molecular formula is C36H49N3O5. The summed E-state index contributed by atoms with van der Waals surface area (Å²) in [5.41, 5.74) is 1.31. The van der Waals surface area contributed by atoms with Gasteiger partial charge in [0, 0.05) is 24.6 Å². The van der Waals surface area contributed by atoms with Crippen molar-refractivity contribution in [2.75, 3.05) is 6.54 Å². The molecule has 0 bridgehead atoms. The summed E-state index contributed by atoms with van der Waals surface area (Å²) in [6.07, 6.45) is 13.7. The summed E-state index contributed by atoms with van der Waals surface area (Å²) in [6.45, 7) is 7.73. The Morgan fingerprint density at radius 2 is 1.66 bits per heavy atom. The monoisotopic (exact) mass is 603 g/mol. The van der Waals surface area contributed by atoms with Crippen molar-refractivity contribution in [3.63, 3.8) is 0 Å². The van der Waals surface area contributed by atoms with Crippen LogP contribution in [0.5, 0.6) is 5.75 Å². The highest BCUT2D eigenvalue weighted by Crippen LogP contribution is 2.27. The van der Waals surface area contributed by atoms with Crippen LogP contribution >= 0.6 is 0 Å². The van der Waals surface area contributed by atoms with Crippen LogP contribution in [0, 0.1) is 12.3 Å². The van der Waals surface area contributed by atoms with E-state index in [2.05, 4.69) is 23.5 Å². The topological polar surface area (TPSA) is 108 Å². The summed E-state index contributed by atoms with van der Waals surface area (Å²) in [7, 11) is 0. The highest BCUT2D eigenvalue weighted by atomic mass is 16.6. The molecule has 44 heavy (non-hydrogen) atoms. The number of hydrogen-bond donors (Lipinski definition) is 3. The van der Waals surface area contributed by atoms with E-state index < -0.39 is 23.8 Å². The predicted octanol–water partition coefficient (Wildman–Crippen LogP) is 6.41. The molecule has 3 N–H and O–H groups in total. The van der Waals surface area contributed by atoms with E-state index in [9.17, 15) is 19.5 Å². The normalized spacial score (nSPS) is 15.0. The summed E-state index contributed by atoms with van der Waals surface area (Å²) >= 11 is 0. The molecule has 3 amide bonds. The number of unbranched alkanes of at least 4 members (excludes halogenated alkanes) is 3. The Bertz CT molecular complexity index is 1250. The zero-order chi connectivity index (χ0) is 32.1. The first kappa shape index (κ1) is 34.5. The lowest BCUT2D eigenvalue weighted by molar-refractivity contribution is -0.143. The number of nitrogens with zero attached hydrogens (tertiary/aromatic N) is 1. The average Bonchev–Trinajstić information content (AvgIpc) is 2.99. The molecule has 2 unspecified atom stereocenters. The van der Waals surface area contributed by atoms with Crippen LogP contribution in [0.1, 0.15) is 108 Å². The fourth-order valence-electron chi connectivity index (χ4n) is 5.55. The molecule has 0 radical (unpaired) electrons. The molecule has 2 aromatic rings. The first-order chi connectivity index (χ1) is 21.0. The molecule has 0 saturated heterocycles. The zero-order valence-corrected chi connectivity index (χ0v) is 26.7. The van der Waals surface area contributed by atoms with Gasteiger partial charge in [0.25, 0.3) is 0 Å². The fraction of sp³-hybridized carbons (Fsp3) is 0.528. The van der Waals surface area contributed by atoms with Gasteiger partial charge in [-0.2, -0.15) is 0 Å². The second-order valence-corrected chi connectivity index (χ2v) is 12.7. The Hall–Kier alpha value is -3.99. The van der Waals surface area contributed by atoms with Crippen LogP contribution in [-0.2, 0) is 20.7 Å². The maximum atomic E-state index is 14.6. The lowest BCUT2D eigenvalue weighted by Crippen LogP contribution is -2.54. The van der Waals surface area contributed by atoms with E-state index in [0.29, 0.717) is 24.1 Å². The third kappa shape index (κ3) is 10.9. The molecule has 0 heterocycles. The minimum Gasteiger partial charge on any atom is -0.508 e. The number of aromatic hydroxyl groups is 1. The highest BCUT2D eigenvalue weighted by molar-refractivity contribution is 5.92. The summed E-state index contributed by atoms with van der Waals surface area (Å²) < 4.78 is 5.53. The van der Waals surface area contributed by atoms with Crippen molar-refractivity contribution in [3.8, 4) is 18.1 Å². The second kappa shape index (κ2) is 16.7. The highest BCUT2D eigenvalue weighted by Gasteiger charge is 2.37. The average molecular weight is 604 g/mol. The van der Waals surface area contributed by atoms with Gasteiger partial charge in [-0.05, 0) is 75.4 Å². The minimum atomic E-state index is -1.02. The summed E-state index contributed by atoms with van der Waals surface area (Å²) in [5.74, 6) is 2.09. The first-order valence-electron chi connectivity index (χ1n) is 16.0. The van der Waals surface area contributed by atoms with Gasteiger partial charge in [-0.3, -0.25) is 9.59 Å². The molecule has 1 fully saturated rings. The third-order valence-corrected chi connectivity index (χ3v) is 7.81. The minimum absolute atomic E-state index is 0.0495. The van der Waals surface area contributed by atoms with Crippen LogP contribution < -0.4 is 10.6 Å². The predicted molar refractivity (Wildman–Crippen MR) is 173 cm³/mol. The maximum absolute atomic E-state index is 14.6. The fourth-order valence-corrected chi connectivity index (χ4v) is 5.55. The Morgan fingerprint density at radius 1 is 1.00 bits per heavy atom. The van der Waals surface area contributed by atoms with Crippen molar-refractivity contribution in [3.05, 3.63) is 65.2 Å². The van der Waals surface area contributed by atoms with Crippen LogP contribution in [0.2, 0.25) is 0 Å². The lowest BCUT2D eigenvalue weighted by Gasteiger charge is -2.36. The van der Waals surface area contributed by atoms with Gasteiger partial charge in [-0.1, -0.05) is 75.6 Å². The molecule has 8 nitrogen and oxygen atoms in total. The van der Waals surface area contributed by atoms with E-state index >= 15 is 0 Å². The number of nitrogens with one attached hydrogen (secondary N) is 2. The molecule has 1 aliphatic rings. The molecule has 238 valence electrons. The van der Waals surface area contributed by atoms with E-state index in [1.54, 1.807) is 62.1 Å². The van der Waals surface area contributed by atoms with Gasteiger partial charge in [0.05, 0.1) is 0 Å². The number of amides is 3. The Morgan fingerprint density at radius 3 is 2.25 bits per heavy atom. The van der Waals surface area contributed by atoms with Gasteiger partial charge in [-0.15, -0.1) is 6.42 Å². The van der Waals surface area contributed by atoms with Crippen molar-refractivity contribution in [1.82, 2.24) is 15.5 Å². The van der Waals surface area contributed by atoms with Gasteiger partial charge < -0.3 is 25.4 Å². The Balaban J connectivity index is 2.03. The molecule has 0 spiro atoms. The number of ether oxygens (including phenoxy) is 1. The Labute approximate surface area is 262 Å². The summed E-state index contributed by atoms with van der Waals surface area (Å²) in [6, 6.07) is 11.8. The van der Waals surface area contributed by atoms with Gasteiger partial charge in [-0.25, -0.2) is 4.79 Å². The standard InChI is InChI=1S/C36H49N3O5/c1-6-8-9-13-24-39(32(28-20-16-26(7-2)17-21-28)33(41)37-29-14-11-10-12-15-29)34(42)31(38-35(43)44-36(3,4)5)25-27-18-22-30(40)23-19-27/h2,16-23,29,31-32,40H,6,8-15,24-25H2,1,3-5H3,(H,37,41)(H,38,43). The number of carbonyl (C=O) groups is 3. The van der Waals surface area contributed by atoms with Crippen molar-refractivity contribution >= 4 is 17.9 Å². The smallest absolute Gasteiger partial charge is 0.408 e. The van der Waals surface area contributed by atoms with Crippen LogP contribution in [0.4, 0.5) is 4.79 Å². The van der Waals surface area contributed by atoms with Crippen LogP contribution in [0.3, 0.4) is 0 Å². The van der Waals surface area contributed by atoms with Gasteiger partial charge >= 0.3 is 6.09 Å². The molecular weight excluding hydrogens is 554 g/mol. The number of phenolic OH excluding ortho intramolecular Hbond substituents is 1. The number of hydrogen-bond acceptors (Lipinski definition) is 5. The van der Waals surface area contributed by atoms with E-state index in [1.165, 1.54) is 0 Å². The Kier molecular flexibility index (Phi) is 13.1. The number of rotatable bonds is 13. The van der Waals surface area contributed by atoms with E-state index in [0.717, 1.165) is 56.9 Å². The number of benzene rings is 2. The molecule has 0 aliphatic heterocycles. The quantitative estimate of drug-likeness (QED) is 0.181. The van der Waals surface area contributed by atoms with E-state index in [-0.39, 0.29) is 30.0 Å². The summed E-state index contributed by atoms with van der Waals surface area (Å²) in [5, 5.41) is 15.8. The van der Waals surface area contributed by atoms with Gasteiger partial charge in [0.2, 0.25) is 11.8 Å². The number of alkyl carbamates (subject to hydrolysis) is 1. The maximum Gasteiger partial charge on any atom is 0.408 e. The largest absolute Gasteiger partial charge is 0.508 e. The van der Waals surface area contributed by atoms with Crippen LogP contribution in [0.15, 0.2) is 48.5 Å². The molecule has 2 atom stereocenters. The van der Waals surface area contributed by atoms with Crippen molar-refractivity contribution in [2.45, 2.75) is 116 Å². The second-order valence-electron chi connectivity index (χ2n) is 12.7. The third-order valence-electron chi connectivity index (χ3n) is 7.81.